The molecule has 0 fully saturated rings. The molecule has 1 aliphatic heterocycles. The second kappa shape index (κ2) is 5.54. The number of benzene rings is 2. The van der Waals surface area contributed by atoms with Crippen LogP contribution in [0.1, 0.15) is 25.0 Å². The van der Waals surface area contributed by atoms with Crippen molar-refractivity contribution in [3.05, 3.63) is 57.0 Å². The van der Waals surface area contributed by atoms with Crippen molar-refractivity contribution in [2.45, 2.75) is 32.4 Å². The number of anilines is 1. The highest BCUT2D eigenvalue weighted by molar-refractivity contribution is 9.10. The zero-order valence-corrected chi connectivity index (χ0v) is 14.4. The summed E-state index contributed by atoms with van der Waals surface area (Å²) in [5.74, 6) is 1.01. The van der Waals surface area contributed by atoms with E-state index < -0.39 is 0 Å². The van der Waals surface area contributed by atoms with Crippen molar-refractivity contribution in [1.29, 1.82) is 0 Å². The summed E-state index contributed by atoms with van der Waals surface area (Å²) >= 11 is 9.67. The molecule has 0 aliphatic carbocycles. The molecule has 0 aromatic heterocycles. The Morgan fingerprint density at radius 3 is 2.90 bits per heavy atom. The van der Waals surface area contributed by atoms with E-state index in [0.29, 0.717) is 11.6 Å². The quantitative estimate of drug-likeness (QED) is 0.782. The van der Waals surface area contributed by atoms with Gasteiger partial charge in [0, 0.05) is 23.0 Å². The van der Waals surface area contributed by atoms with Gasteiger partial charge in [0.1, 0.15) is 11.4 Å². The Bertz CT molecular complexity index is 684. The predicted octanol–water partition coefficient (Wildman–Crippen LogP) is 5.43. The van der Waals surface area contributed by atoms with Gasteiger partial charge in [-0.05, 0) is 37.6 Å². The SMILES string of the molecule is CC1(C)Cc2cccc(CNc3cc(Br)ccc3Cl)c2O1. The average Bonchev–Trinajstić information content (AvgIpc) is 2.74. The number of para-hydroxylation sites is 1. The second-order valence-corrected chi connectivity index (χ2v) is 7.24. The molecule has 0 unspecified atom stereocenters. The summed E-state index contributed by atoms with van der Waals surface area (Å²) in [6, 6.07) is 12.1. The molecule has 21 heavy (non-hydrogen) atoms. The molecule has 2 aromatic rings. The van der Waals surface area contributed by atoms with Crippen molar-refractivity contribution in [2.24, 2.45) is 0 Å². The van der Waals surface area contributed by atoms with Crippen molar-refractivity contribution in [3.63, 3.8) is 0 Å². The first-order chi connectivity index (χ1) is 9.94. The average molecular weight is 367 g/mol. The van der Waals surface area contributed by atoms with Crippen LogP contribution in [0.4, 0.5) is 5.69 Å². The molecular formula is C17H17BrClNO. The topological polar surface area (TPSA) is 21.3 Å². The van der Waals surface area contributed by atoms with Gasteiger partial charge in [0.05, 0.1) is 10.7 Å². The molecule has 0 bridgehead atoms. The minimum Gasteiger partial charge on any atom is -0.487 e. The Labute approximate surface area is 138 Å². The van der Waals surface area contributed by atoms with Crippen molar-refractivity contribution in [1.82, 2.24) is 0 Å². The van der Waals surface area contributed by atoms with E-state index in [-0.39, 0.29) is 5.60 Å². The summed E-state index contributed by atoms with van der Waals surface area (Å²) in [4.78, 5) is 0. The molecule has 1 aliphatic rings. The van der Waals surface area contributed by atoms with Gasteiger partial charge in [0.15, 0.2) is 0 Å². The van der Waals surface area contributed by atoms with Gasteiger partial charge in [-0.25, -0.2) is 0 Å². The molecule has 1 N–H and O–H groups in total. The third-order valence-electron chi connectivity index (χ3n) is 3.57. The molecule has 110 valence electrons. The van der Waals surface area contributed by atoms with Gasteiger partial charge in [-0.15, -0.1) is 0 Å². The molecule has 0 atom stereocenters. The first-order valence-electron chi connectivity index (χ1n) is 6.93. The molecule has 1 heterocycles. The fourth-order valence-corrected chi connectivity index (χ4v) is 3.19. The first kappa shape index (κ1) is 14.7. The standard InChI is InChI=1S/C17H17BrClNO/c1-17(2)9-11-4-3-5-12(16(11)21-17)10-20-15-8-13(18)6-7-14(15)19/h3-8,20H,9-10H2,1-2H3. The number of hydrogen-bond donors (Lipinski definition) is 1. The number of rotatable bonds is 3. The number of hydrogen-bond acceptors (Lipinski definition) is 2. The van der Waals surface area contributed by atoms with Crippen LogP contribution in [-0.2, 0) is 13.0 Å². The van der Waals surface area contributed by atoms with Gasteiger partial charge in [0.2, 0.25) is 0 Å². The van der Waals surface area contributed by atoms with Crippen LogP contribution in [0, 0.1) is 0 Å². The van der Waals surface area contributed by atoms with Gasteiger partial charge >= 0.3 is 0 Å². The summed E-state index contributed by atoms with van der Waals surface area (Å²) in [7, 11) is 0. The van der Waals surface area contributed by atoms with E-state index in [9.17, 15) is 0 Å². The molecule has 0 amide bonds. The Morgan fingerprint density at radius 2 is 2.10 bits per heavy atom. The zero-order valence-electron chi connectivity index (χ0n) is 12.0. The molecule has 0 spiro atoms. The van der Waals surface area contributed by atoms with E-state index >= 15 is 0 Å². The molecule has 0 saturated carbocycles. The molecule has 3 rings (SSSR count). The van der Waals surface area contributed by atoms with E-state index in [4.69, 9.17) is 16.3 Å². The van der Waals surface area contributed by atoms with E-state index in [2.05, 4.69) is 53.3 Å². The normalized spacial score (nSPS) is 15.4. The van der Waals surface area contributed by atoms with Crippen molar-refractivity contribution >= 4 is 33.2 Å². The minimum atomic E-state index is -0.119. The minimum absolute atomic E-state index is 0.119. The Balaban J connectivity index is 1.81. The molecule has 4 heteroatoms. The summed E-state index contributed by atoms with van der Waals surface area (Å²) in [6.07, 6.45) is 0.952. The summed E-state index contributed by atoms with van der Waals surface area (Å²) in [5.41, 5.74) is 3.24. The number of halogens is 2. The van der Waals surface area contributed by atoms with Crippen molar-refractivity contribution in [3.8, 4) is 5.75 Å². The fraction of sp³-hybridized carbons (Fsp3) is 0.294. The van der Waals surface area contributed by atoms with Crippen LogP contribution in [0.2, 0.25) is 5.02 Å². The van der Waals surface area contributed by atoms with Crippen LogP contribution < -0.4 is 10.1 Å². The van der Waals surface area contributed by atoms with E-state index in [1.807, 2.05) is 18.2 Å². The lowest BCUT2D eigenvalue weighted by Gasteiger charge is -2.18. The molecule has 0 radical (unpaired) electrons. The van der Waals surface area contributed by atoms with Crippen molar-refractivity contribution < 1.29 is 4.74 Å². The van der Waals surface area contributed by atoms with Crippen LogP contribution in [0.15, 0.2) is 40.9 Å². The number of fused-ring (bicyclic) bond motifs is 1. The highest BCUT2D eigenvalue weighted by Crippen LogP contribution is 2.38. The van der Waals surface area contributed by atoms with E-state index in [1.54, 1.807) is 0 Å². The summed E-state index contributed by atoms with van der Waals surface area (Å²) < 4.78 is 7.09. The largest absolute Gasteiger partial charge is 0.487 e. The van der Waals surface area contributed by atoms with Crippen molar-refractivity contribution in [2.75, 3.05) is 5.32 Å². The fourth-order valence-electron chi connectivity index (χ4n) is 2.64. The van der Waals surface area contributed by atoms with Crippen LogP contribution in [0.5, 0.6) is 5.75 Å². The highest BCUT2D eigenvalue weighted by Gasteiger charge is 2.31. The Hall–Kier alpha value is -1.19. The lowest BCUT2D eigenvalue weighted by atomic mass is 10.0. The molecule has 2 aromatic carbocycles. The maximum Gasteiger partial charge on any atom is 0.128 e. The maximum absolute atomic E-state index is 6.21. The smallest absolute Gasteiger partial charge is 0.128 e. The summed E-state index contributed by atoms with van der Waals surface area (Å²) in [5, 5.41) is 4.10. The molecular weight excluding hydrogens is 350 g/mol. The van der Waals surface area contributed by atoms with Gasteiger partial charge in [-0.3, -0.25) is 0 Å². The van der Waals surface area contributed by atoms with Gasteiger partial charge in [-0.2, -0.15) is 0 Å². The second-order valence-electron chi connectivity index (χ2n) is 5.92. The lowest BCUT2D eigenvalue weighted by molar-refractivity contribution is 0.137. The van der Waals surface area contributed by atoms with Crippen LogP contribution in [0.25, 0.3) is 0 Å². The zero-order chi connectivity index (χ0) is 15.0. The Morgan fingerprint density at radius 1 is 1.29 bits per heavy atom. The van der Waals surface area contributed by atoms with Gasteiger partial charge in [0.25, 0.3) is 0 Å². The number of ether oxygens (including phenoxy) is 1. The molecule has 2 nitrogen and oxygen atoms in total. The third-order valence-corrected chi connectivity index (χ3v) is 4.39. The van der Waals surface area contributed by atoms with Crippen LogP contribution in [0.3, 0.4) is 0 Å². The first-order valence-corrected chi connectivity index (χ1v) is 8.10. The highest BCUT2D eigenvalue weighted by atomic mass is 79.9. The Kier molecular flexibility index (Phi) is 3.89. The maximum atomic E-state index is 6.21. The van der Waals surface area contributed by atoms with Gasteiger partial charge in [-0.1, -0.05) is 45.7 Å². The third kappa shape index (κ3) is 3.19. The lowest BCUT2D eigenvalue weighted by Crippen LogP contribution is -2.25. The van der Waals surface area contributed by atoms with Crippen LogP contribution >= 0.6 is 27.5 Å². The monoisotopic (exact) mass is 365 g/mol. The predicted molar refractivity (Wildman–Crippen MR) is 91.3 cm³/mol. The summed E-state index contributed by atoms with van der Waals surface area (Å²) in [6.45, 7) is 4.93. The van der Waals surface area contributed by atoms with Gasteiger partial charge < -0.3 is 10.1 Å². The van der Waals surface area contributed by atoms with E-state index in [1.165, 1.54) is 5.56 Å². The van der Waals surface area contributed by atoms with E-state index in [0.717, 1.165) is 27.9 Å². The molecule has 0 saturated heterocycles. The number of nitrogens with one attached hydrogen (secondary N) is 1. The van der Waals surface area contributed by atoms with Crippen LogP contribution in [-0.4, -0.2) is 5.60 Å².